The molecule has 4 heteroatoms. The van der Waals surface area contributed by atoms with Gasteiger partial charge >= 0.3 is 0 Å². The van der Waals surface area contributed by atoms with Gasteiger partial charge in [-0.3, -0.25) is 4.79 Å². The molecule has 106 valence electrons. The monoisotopic (exact) mass is 271 g/mol. The van der Waals surface area contributed by atoms with Gasteiger partial charge in [0.15, 0.2) is 0 Å². The van der Waals surface area contributed by atoms with Crippen molar-refractivity contribution in [3.8, 4) is 0 Å². The molecule has 0 saturated heterocycles. The predicted octanol–water partition coefficient (Wildman–Crippen LogP) is 2.80. The van der Waals surface area contributed by atoms with Gasteiger partial charge in [-0.25, -0.2) is 4.98 Å². The van der Waals surface area contributed by atoms with Crippen LogP contribution in [-0.4, -0.2) is 22.4 Å². The summed E-state index contributed by atoms with van der Waals surface area (Å²) in [5.41, 5.74) is 2.04. The maximum atomic E-state index is 12.0. The lowest BCUT2D eigenvalue weighted by atomic mass is 9.89. The molecule has 1 aliphatic carbocycles. The van der Waals surface area contributed by atoms with Crippen molar-refractivity contribution in [2.45, 2.75) is 38.5 Å². The fraction of sp³-hybridized carbons (Fsp3) is 0.500. The third-order valence-electron chi connectivity index (χ3n) is 4.08. The summed E-state index contributed by atoms with van der Waals surface area (Å²) < 4.78 is 0. The van der Waals surface area contributed by atoms with Gasteiger partial charge in [0.05, 0.1) is 11.0 Å². The van der Waals surface area contributed by atoms with Gasteiger partial charge in [-0.05, 0) is 25.0 Å². The quantitative estimate of drug-likeness (QED) is 0.898. The number of amides is 1. The van der Waals surface area contributed by atoms with Crippen LogP contribution in [0.5, 0.6) is 0 Å². The summed E-state index contributed by atoms with van der Waals surface area (Å²) in [4.78, 5) is 19.8. The van der Waals surface area contributed by atoms with Crippen molar-refractivity contribution in [1.82, 2.24) is 15.3 Å². The molecular formula is C16H21N3O. The van der Waals surface area contributed by atoms with E-state index in [0.29, 0.717) is 6.54 Å². The van der Waals surface area contributed by atoms with E-state index >= 15 is 0 Å². The zero-order chi connectivity index (χ0) is 13.8. The van der Waals surface area contributed by atoms with Crippen molar-refractivity contribution in [1.29, 1.82) is 0 Å². The lowest BCUT2D eigenvalue weighted by Crippen LogP contribution is -2.33. The lowest BCUT2D eigenvalue weighted by molar-refractivity contribution is -0.125. The minimum absolute atomic E-state index is 0.223. The van der Waals surface area contributed by atoms with Gasteiger partial charge in [-0.15, -0.1) is 0 Å². The summed E-state index contributed by atoms with van der Waals surface area (Å²) in [5.74, 6) is 1.40. The molecule has 1 fully saturated rings. The molecule has 1 saturated carbocycles. The number of benzene rings is 1. The second-order valence-corrected chi connectivity index (χ2v) is 5.58. The van der Waals surface area contributed by atoms with Gasteiger partial charge in [0, 0.05) is 18.9 Å². The van der Waals surface area contributed by atoms with Crippen molar-refractivity contribution in [2.75, 3.05) is 6.54 Å². The number of aromatic amines is 1. The first kappa shape index (κ1) is 13.2. The average molecular weight is 271 g/mol. The highest BCUT2D eigenvalue weighted by molar-refractivity contribution is 5.78. The van der Waals surface area contributed by atoms with E-state index in [0.717, 1.165) is 36.1 Å². The highest BCUT2D eigenvalue weighted by Gasteiger charge is 2.20. The van der Waals surface area contributed by atoms with Gasteiger partial charge in [-0.2, -0.15) is 0 Å². The van der Waals surface area contributed by atoms with Crippen LogP contribution in [0, 0.1) is 5.92 Å². The van der Waals surface area contributed by atoms with E-state index in [1.54, 1.807) is 0 Å². The molecule has 2 N–H and O–H groups in total. The number of H-pyrrole nitrogens is 1. The summed E-state index contributed by atoms with van der Waals surface area (Å²) in [5, 5.41) is 3.05. The smallest absolute Gasteiger partial charge is 0.223 e. The third-order valence-corrected chi connectivity index (χ3v) is 4.08. The Morgan fingerprint density at radius 3 is 2.85 bits per heavy atom. The Morgan fingerprint density at radius 1 is 1.25 bits per heavy atom. The Balaban J connectivity index is 1.50. The fourth-order valence-electron chi connectivity index (χ4n) is 2.94. The Bertz CT molecular complexity index is 551. The molecule has 0 radical (unpaired) electrons. The second kappa shape index (κ2) is 6.07. The third kappa shape index (κ3) is 3.00. The number of hydrogen-bond acceptors (Lipinski definition) is 2. The molecule has 1 amide bonds. The molecule has 3 rings (SSSR count). The SMILES string of the molecule is O=C(NCCc1nc2ccccc2[nH]1)C1CCCCC1. The van der Waals surface area contributed by atoms with E-state index in [9.17, 15) is 4.79 Å². The van der Waals surface area contributed by atoms with Gasteiger partial charge in [-0.1, -0.05) is 31.4 Å². The first-order chi connectivity index (χ1) is 9.83. The fourth-order valence-corrected chi connectivity index (χ4v) is 2.94. The summed E-state index contributed by atoms with van der Waals surface area (Å²) >= 11 is 0. The van der Waals surface area contributed by atoms with E-state index < -0.39 is 0 Å². The zero-order valence-corrected chi connectivity index (χ0v) is 11.7. The number of carbonyl (C=O) groups is 1. The minimum Gasteiger partial charge on any atom is -0.355 e. The molecule has 1 heterocycles. The molecular weight excluding hydrogens is 250 g/mol. The standard InChI is InChI=1S/C16H21N3O/c20-16(12-6-2-1-3-7-12)17-11-10-15-18-13-8-4-5-9-14(13)19-15/h4-5,8-9,12H,1-3,6-7,10-11H2,(H,17,20)(H,18,19). The molecule has 1 aliphatic rings. The van der Waals surface area contributed by atoms with Crippen LogP contribution < -0.4 is 5.32 Å². The van der Waals surface area contributed by atoms with E-state index in [4.69, 9.17) is 0 Å². The Hall–Kier alpha value is -1.84. The normalized spacial score (nSPS) is 16.4. The molecule has 2 aromatic rings. The van der Waals surface area contributed by atoms with Crippen LogP contribution in [0.2, 0.25) is 0 Å². The molecule has 0 atom stereocenters. The number of carbonyl (C=O) groups excluding carboxylic acids is 1. The predicted molar refractivity (Wildman–Crippen MR) is 79.4 cm³/mol. The van der Waals surface area contributed by atoms with Crippen molar-refractivity contribution in [3.05, 3.63) is 30.1 Å². The Kier molecular flexibility index (Phi) is 4.00. The number of aromatic nitrogens is 2. The maximum absolute atomic E-state index is 12.0. The molecule has 1 aromatic heterocycles. The number of rotatable bonds is 4. The molecule has 1 aromatic carbocycles. The van der Waals surface area contributed by atoms with Crippen molar-refractivity contribution in [3.63, 3.8) is 0 Å². The summed E-state index contributed by atoms with van der Waals surface area (Å²) in [7, 11) is 0. The van der Waals surface area contributed by atoms with Crippen LogP contribution in [0.3, 0.4) is 0 Å². The van der Waals surface area contributed by atoms with Crippen LogP contribution in [0.4, 0.5) is 0 Å². The molecule has 20 heavy (non-hydrogen) atoms. The van der Waals surface area contributed by atoms with E-state index in [1.807, 2.05) is 24.3 Å². The first-order valence-electron chi connectivity index (χ1n) is 7.54. The average Bonchev–Trinajstić information content (AvgIpc) is 2.90. The zero-order valence-electron chi connectivity index (χ0n) is 11.7. The number of hydrogen-bond donors (Lipinski definition) is 2. The first-order valence-corrected chi connectivity index (χ1v) is 7.54. The second-order valence-electron chi connectivity index (χ2n) is 5.58. The number of nitrogens with one attached hydrogen (secondary N) is 2. The number of imidazole rings is 1. The molecule has 0 unspecified atom stereocenters. The number of nitrogens with zero attached hydrogens (tertiary/aromatic N) is 1. The van der Waals surface area contributed by atoms with Crippen LogP contribution in [0.1, 0.15) is 37.9 Å². The summed E-state index contributed by atoms with van der Waals surface area (Å²) in [6.45, 7) is 0.662. The van der Waals surface area contributed by atoms with Gasteiger partial charge < -0.3 is 10.3 Å². The maximum Gasteiger partial charge on any atom is 0.223 e. The van der Waals surface area contributed by atoms with E-state index in [-0.39, 0.29) is 11.8 Å². The van der Waals surface area contributed by atoms with Crippen LogP contribution in [0.15, 0.2) is 24.3 Å². The molecule has 4 nitrogen and oxygen atoms in total. The van der Waals surface area contributed by atoms with Crippen LogP contribution in [-0.2, 0) is 11.2 Å². The van der Waals surface area contributed by atoms with Crippen molar-refractivity contribution < 1.29 is 4.79 Å². The van der Waals surface area contributed by atoms with E-state index in [2.05, 4.69) is 15.3 Å². The van der Waals surface area contributed by atoms with Gasteiger partial charge in [0.1, 0.15) is 5.82 Å². The highest BCUT2D eigenvalue weighted by atomic mass is 16.1. The summed E-state index contributed by atoms with van der Waals surface area (Å²) in [6, 6.07) is 8.00. The largest absolute Gasteiger partial charge is 0.355 e. The topological polar surface area (TPSA) is 57.8 Å². The van der Waals surface area contributed by atoms with Gasteiger partial charge in [0.25, 0.3) is 0 Å². The van der Waals surface area contributed by atoms with Crippen LogP contribution in [0.25, 0.3) is 11.0 Å². The number of para-hydroxylation sites is 2. The number of fused-ring (bicyclic) bond motifs is 1. The highest BCUT2D eigenvalue weighted by Crippen LogP contribution is 2.23. The minimum atomic E-state index is 0.223. The Morgan fingerprint density at radius 2 is 2.05 bits per heavy atom. The molecule has 0 spiro atoms. The summed E-state index contributed by atoms with van der Waals surface area (Å²) in [6.07, 6.45) is 6.53. The van der Waals surface area contributed by atoms with E-state index in [1.165, 1.54) is 19.3 Å². The Labute approximate surface area is 119 Å². The van der Waals surface area contributed by atoms with Gasteiger partial charge in [0.2, 0.25) is 5.91 Å². The molecule has 0 bridgehead atoms. The van der Waals surface area contributed by atoms with Crippen molar-refractivity contribution in [2.24, 2.45) is 5.92 Å². The molecule has 0 aliphatic heterocycles. The lowest BCUT2D eigenvalue weighted by Gasteiger charge is -2.20. The van der Waals surface area contributed by atoms with Crippen molar-refractivity contribution >= 4 is 16.9 Å². The van der Waals surface area contributed by atoms with Crippen LogP contribution >= 0.6 is 0 Å².